The van der Waals surface area contributed by atoms with Crippen molar-refractivity contribution in [2.24, 2.45) is 0 Å². The van der Waals surface area contributed by atoms with Gasteiger partial charge in [-0.05, 0) is 12.8 Å². The van der Waals surface area contributed by atoms with Crippen molar-refractivity contribution in [2.45, 2.75) is 203 Å². The topological polar surface area (TPSA) is 228 Å². The molecule has 0 radical (unpaired) electrons. The van der Waals surface area contributed by atoms with Crippen molar-refractivity contribution < 1.29 is 64.6 Å². The first-order valence-corrected chi connectivity index (χ1v) is 19.3. The van der Waals surface area contributed by atoms with Crippen LogP contribution in [0.15, 0.2) is 0 Å². The average molecular weight is 724 g/mol. The van der Waals surface area contributed by atoms with Gasteiger partial charge in [0.15, 0.2) is 12.6 Å². The van der Waals surface area contributed by atoms with Crippen LogP contribution in [0.4, 0.5) is 0 Å². The van der Waals surface area contributed by atoms with Gasteiger partial charge in [-0.1, -0.05) is 110 Å². The number of hydrogen-bond donors (Lipinski definition) is 9. The van der Waals surface area contributed by atoms with Gasteiger partial charge < -0.3 is 65.1 Å². The minimum Gasteiger partial charge on any atom is -0.394 e. The Hall–Kier alpha value is -1.01. The smallest absolute Gasteiger partial charge is 0.220 e. The van der Waals surface area contributed by atoms with E-state index in [-0.39, 0.29) is 12.5 Å². The first-order valence-electron chi connectivity index (χ1n) is 19.3. The third kappa shape index (κ3) is 15.5. The highest BCUT2D eigenvalue weighted by atomic mass is 16.7. The van der Waals surface area contributed by atoms with Gasteiger partial charge in [-0.15, -0.1) is 0 Å². The molecule has 1 amide bonds. The number of hydrogen-bond acceptors (Lipinski definition) is 13. The Morgan fingerprint density at radius 2 is 1.14 bits per heavy atom. The summed E-state index contributed by atoms with van der Waals surface area (Å²) in [6, 6.07) is -0.815. The molecule has 14 nitrogen and oxygen atoms in total. The van der Waals surface area contributed by atoms with Crippen LogP contribution in [0.2, 0.25) is 0 Å². The van der Waals surface area contributed by atoms with E-state index in [0.29, 0.717) is 12.8 Å². The molecule has 2 rings (SSSR count). The summed E-state index contributed by atoms with van der Waals surface area (Å²) in [7, 11) is 0. The molecule has 0 aromatic rings. The van der Waals surface area contributed by atoms with Crippen LogP contribution in [-0.4, -0.2) is 140 Å². The van der Waals surface area contributed by atoms with Crippen molar-refractivity contribution in [2.75, 3.05) is 19.8 Å². The highest BCUT2D eigenvalue weighted by molar-refractivity contribution is 5.76. The van der Waals surface area contributed by atoms with Crippen LogP contribution < -0.4 is 5.32 Å². The van der Waals surface area contributed by atoms with Crippen LogP contribution >= 0.6 is 0 Å². The van der Waals surface area contributed by atoms with E-state index in [4.69, 9.17) is 18.9 Å². The second-order valence-electron chi connectivity index (χ2n) is 14.1. The van der Waals surface area contributed by atoms with E-state index in [1.54, 1.807) is 0 Å². The van der Waals surface area contributed by atoms with Crippen LogP contribution in [0, 0.1) is 0 Å². The SMILES string of the molecule is CCCCCCCCCCCCCCC(=O)NC(COC1OC(CO)C(OC2OC(CO)C(O)C(O)C2O)C(O)C1O)C(O)CCCCCC. The molecule has 2 aliphatic heterocycles. The molecule has 0 aromatic heterocycles. The van der Waals surface area contributed by atoms with E-state index >= 15 is 0 Å². The number of amides is 1. The molecule has 0 spiro atoms. The largest absolute Gasteiger partial charge is 0.394 e. The Bertz CT molecular complexity index is 868. The molecule has 2 aliphatic rings. The normalized spacial score (nSPS) is 31.4. The molecule has 9 N–H and O–H groups in total. The van der Waals surface area contributed by atoms with Crippen molar-refractivity contribution in [1.82, 2.24) is 5.32 Å². The zero-order valence-electron chi connectivity index (χ0n) is 30.4. The van der Waals surface area contributed by atoms with Gasteiger partial charge in [0.2, 0.25) is 5.91 Å². The molecule has 2 heterocycles. The molecular formula is C36H69NO13. The van der Waals surface area contributed by atoms with Crippen LogP contribution in [0.1, 0.15) is 129 Å². The van der Waals surface area contributed by atoms with Gasteiger partial charge in [0.05, 0.1) is 32.0 Å². The molecule has 0 aromatic carbocycles. The monoisotopic (exact) mass is 723 g/mol. The summed E-state index contributed by atoms with van der Waals surface area (Å²) in [5, 5.41) is 85.6. The molecule has 2 saturated heterocycles. The number of nitrogens with one attached hydrogen (secondary N) is 1. The van der Waals surface area contributed by atoms with Gasteiger partial charge in [-0.2, -0.15) is 0 Å². The first-order chi connectivity index (χ1) is 24.1. The summed E-state index contributed by atoms with van der Waals surface area (Å²) in [6.45, 7) is 2.67. The number of carbonyl (C=O) groups is 1. The minimum absolute atomic E-state index is 0.218. The molecule has 0 bridgehead atoms. The van der Waals surface area contributed by atoms with Crippen LogP contribution in [0.25, 0.3) is 0 Å². The number of carbonyl (C=O) groups excluding carboxylic acids is 1. The van der Waals surface area contributed by atoms with Gasteiger partial charge >= 0.3 is 0 Å². The van der Waals surface area contributed by atoms with Gasteiger partial charge in [0.25, 0.3) is 0 Å². The van der Waals surface area contributed by atoms with Crippen molar-refractivity contribution in [3.8, 4) is 0 Å². The number of unbranched alkanes of at least 4 members (excludes halogenated alkanes) is 14. The molecule has 12 unspecified atom stereocenters. The lowest BCUT2D eigenvalue weighted by atomic mass is 9.97. The summed E-state index contributed by atoms with van der Waals surface area (Å²) in [5.74, 6) is -0.218. The molecular weight excluding hydrogens is 654 g/mol. The number of aliphatic hydroxyl groups is 8. The molecule has 0 aliphatic carbocycles. The van der Waals surface area contributed by atoms with E-state index in [9.17, 15) is 45.6 Å². The lowest BCUT2D eigenvalue weighted by molar-refractivity contribution is -0.359. The molecule has 14 heteroatoms. The van der Waals surface area contributed by atoms with Gasteiger partial charge in [0.1, 0.15) is 48.8 Å². The second-order valence-corrected chi connectivity index (χ2v) is 14.1. The van der Waals surface area contributed by atoms with E-state index in [1.807, 2.05) is 0 Å². The van der Waals surface area contributed by atoms with Gasteiger partial charge in [-0.3, -0.25) is 4.79 Å². The number of aliphatic hydroxyl groups excluding tert-OH is 8. The average Bonchev–Trinajstić information content (AvgIpc) is 3.11. The summed E-state index contributed by atoms with van der Waals surface area (Å²) < 4.78 is 22.4. The van der Waals surface area contributed by atoms with Crippen LogP contribution in [-0.2, 0) is 23.7 Å². The first kappa shape index (κ1) is 45.1. The summed E-state index contributed by atoms with van der Waals surface area (Å²) in [6.07, 6.45) is 2.04. The fraction of sp³-hybridized carbons (Fsp3) is 0.972. The quantitative estimate of drug-likeness (QED) is 0.0549. The van der Waals surface area contributed by atoms with Crippen molar-refractivity contribution in [3.63, 3.8) is 0 Å². The molecule has 12 atom stereocenters. The van der Waals surface area contributed by atoms with E-state index < -0.39 is 86.8 Å². The fourth-order valence-electron chi connectivity index (χ4n) is 6.53. The van der Waals surface area contributed by atoms with E-state index in [0.717, 1.165) is 51.4 Å². The maximum absolute atomic E-state index is 12.9. The van der Waals surface area contributed by atoms with Crippen molar-refractivity contribution in [1.29, 1.82) is 0 Å². The van der Waals surface area contributed by atoms with Crippen molar-refractivity contribution in [3.05, 3.63) is 0 Å². The Labute approximate surface area is 298 Å². The third-order valence-electron chi connectivity index (χ3n) is 9.82. The Morgan fingerprint density at radius 1 is 0.640 bits per heavy atom. The summed E-state index contributed by atoms with van der Waals surface area (Å²) in [4.78, 5) is 12.9. The fourth-order valence-corrected chi connectivity index (χ4v) is 6.53. The lowest BCUT2D eigenvalue weighted by Gasteiger charge is -2.46. The van der Waals surface area contributed by atoms with Crippen LogP contribution in [0.3, 0.4) is 0 Å². The lowest BCUT2D eigenvalue weighted by Crippen LogP contribution is -2.65. The minimum atomic E-state index is -1.77. The standard InChI is InChI=1S/C36H69NO13/c1-3-5-7-9-10-11-12-13-14-15-16-18-20-28(41)37-24(25(40)19-17-8-6-4-2)23-47-35-33(46)31(44)34(27(22-39)49-35)50-36-32(45)30(43)29(42)26(21-38)48-36/h24-27,29-36,38-40,42-46H,3-23H2,1-2H3,(H,37,41). The van der Waals surface area contributed by atoms with Crippen molar-refractivity contribution >= 4 is 5.91 Å². The maximum atomic E-state index is 12.9. The number of ether oxygens (including phenoxy) is 4. The summed E-state index contributed by atoms with van der Waals surface area (Å²) in [5.41, 5.74) is 0. The molecule has 2 fully saturated rings. The van der Waals surface area contributed by atoms with Gasteiger partial charge in [0, 0.05) is 6.42 Å². The molecule has 296 valence electrons. The second kappa shape index (κ2) is 25.9. The summed E-state index contributed by atoms with van der Waals surface area (Å²) >= 11 is 0. The number of rotatable bonds is 27. The third-order valence-corrected chi connectivity index (χ3v) is 9.82. The molecule has 0 saturated carbocycles. The highest BCUT2D eigenvalue weighted by Gasteiger charge is 2.50. The molecule has 50 heavy (non-hydrogen) atoms. The zero-order chi connectivity index (χ0) is 36.9. The zero-order valence-corrected chi connectivity index (χ0v) is 30.4. The predicted molar refractivity (Wildman–Crippen MR) is 185 cm³/mol. The Kier molecular flexibility index (Phi) is 23.4. The maximum Gasteiger partial charge on any atom is 0.220 e. The van der Waals surface area contributed by atoms with E-state index in [1.165, 1.54) is 51.4 Å². The highest BCUT2D eigenvalue weighted by Crippen LogP contribution is 2.30. The Balaban J connectivity index is 1.88. The van der Waals surface area contributed by atoms with Gasteiger partial charge in [-0.25, -0.2) is 0 Å². The Morgan fingerprint density at radius 3 is 1.70 bits per heavy atom. The van der Waals surface area contributed by atoms with Crippen LogP contribution in [0.5, 0.6) is 0 Å². The predicted octanol–water partition coefficient (Wildman–Crippen LogP) is 1.53. The van der Waals surface area contributed by atoms with E-state index in [2.05, 4.69) is 19.2 Å².